The molecule has 1 heterocycles. The minimum absolute atomic E-state index is 0.111. The molecule has 0 spiro atoms. The zero-order chi connectivity index (χ0) is 10.8. The van der Waals surface area contributed by atoms with Crippen molar-refractivity contribution in [2.75, 3.05) is 26.2 Å². The number of nitrogens with two attached hydrogens (primary N) is 1. The predicted molar refractivity (Wildman–Crippen MR) is 50.2 cm³/mol. The zero-order valence-corrected chi connectivity index (χ0v) is 8.42. The highest BCUT2D eigenvalue weighted by atomic mass is 19.3. The summed E-state index contributed by atoms with van der Waals surface area (Å²) < 4.78 is 26.4. The average Bonchev–Trinajstić information content (AvgIpc) is 2.16. The standard InChI is InChI=1S/C9H18F2N2O/c1-7(4-12)13-3-2-9(10,11)8(5-13)6-14/h7-8,14H,2-6,12H2,1H3. The Labute approximate surface area is 82.9 Å². The van der Waals surface area contributed by atoms with Crippen LogP contribution >= 0.6 is 0 Å². The van der Waals surface area contributed by atoms with Crippen LogP contribution in [0.25, 0.3) is 0 Å². The maximum absolute atomic E-state index is 13.2. The fraction of sp³-hybridized carbons (Fsp3) is 1.00. The summed E-state index contributed by atoms with van der Waals surface area (Å²) in [5.41, 5.74) is 5.47. The zero-order valence-electron chi connectivity index (χ0n) is 8.42. The van der Waals surface area contributed by atoms with E-state index in [0.29, 0.717) is 13.1 Å². The maximum Gasteiger partial charge on any atom is 0.255 e. The van der Waals surface area contributed by atoms with Crippen LogP contribution in [0.2, 0.25) is 0 Å². The van der Waals surface area contributed by atoms with E-state index < -0.39 is 18.4 Å². The lowest BCUT2D eigenvalue weighted by Crippen LogP contribution is -2.52. The number of aliphatic hydroxyl groups excluding tert-OH is 1. The van der Waals surface area contributed by atoms with Gasteiger partial charge in [-0.05, 0) is 6.92 Å². The van der Waals surface area contributed by atoms with Crippen LogP contribution in [0, 0.1) is 5.92 Å². The fourth-order valence-corrected chi connectivity index (χ4v) is 1.75. The van der Waals surface area contributed by atoms with Crippen LogP contribution in [0.3, 0.4) is 0 Å². The van der Waals surface area contributed by atoms with Gasteiger partial charge in [-0.2, -0.15) is 0 Å². The van der Waals surface area contributed by atoms with Gasteiger partial charge in [0, 0.05) is 32.1 Å². The van der Waals surface area contributed by atoms with Gasteiger partial charge in [-0.15, -0.1) is 0 Å². The van der Waals surface area contributed by atoms with E-state index in [4.69, 9.17) is 10.8 Å². The molecule has 84 valence electrons. The average molecular weight is 208 g/mol. The van der Waals surface area contributed by atoms with Crippen LogP contribution < -0.4 is 5.73 Å². The van der Waals surface area contributed by atoms with E-state index in [1.807, 2.05) is 11.8 Å². The third-order valence-corrected chi connectivity index (χ3v) is 2.97. The number of alkyl halides is 2. The summed E-state index contributed by atoms with van der Waals surface area (Å²) in [6.45, 7) is 2.52. The van der Waals surface area contributed by atoms with Crippen LogP contribution in [0.4, 0.5) is 8.78 Å². The van der Waals surface area contributed by atoms with Crippen molar-refractivity contribution in [2.24, 2.45) is 11.7 Å². The number of aliphatic hydroxyl groups is 1. The number of piperidine rings is 1. The molecular weight excluding hydrogens is 190 g/mol. The van der Waals surface area contributed by atoms with E-state index in [9.17, 15) is 8.78 Å². The molecule has 0 radical (unpaired) electrons. The molecule has 0 aromatic rings. The maximum atomic E-state index is 13.2. The van der Waals surface area contributed by atoms with E-state index in [0.717, 1.165) is 0 Å². The summed E-state index contributed by atoms with van der Waals surface area (Å²) in [4.78, 5) is 1.91. The van der Waals surface area contributed by atoms with E-state index >= 15 is 0 Å². The number of hydrogen-bond donors (Lipinski definition) is 2. The Hall–Kier alpha value is -0.260. The van der Waals surface area contributed by atoms with Crippen LogP contribution in [0.1, 0.15) is 13.3 Å². The van der Waals surface area contributed by atoms with Crippen molar-refractivity contribution in [1.29, 1.82) is 0 Å². The Morgan fingerprint density at radius 2 is 2.29 bits per heavy atom. The molecule has 0 aromatic heterocycles. The van der Waals surface area contributed by atoms with Gasteiger partial charge in [0.1, 0.15) is 0 Å². The first-order chi connectivity index (χ1) is 6.51. The molecule has 1 fully saturated rings. The van der Waals surface area contributed by atoms with Crippen molar-refractivity contribution in [3.8, 4) is 0 Å². The molecule has 3 nitrogen and oxygen atoms in total. The highest BCUT2D eigenvalue weighted by Gasteiger charge is 2.44. The number of hydrogen-bond acceptors (Lipinski definition) is 3. The molecule has 0 saturated carbocycles. The second-order valence-corrected chi connectivity index (χ2v) is 3.97. The molecule has 1 saturated heterocycles. The Morgan fingerprint density at radius 3 is 2.79 bits per heavy atom. The summed E-state index contributed by atoms with van der Waals surface area (Å²) >= 11 is 0. The largest absolute Gasteiger partial charge is 0.396 e. The quantitative estimate of drug-likeness (QED) is 0.700. The number of nitrogens with zero attached hydrogens (tertiary/aromatic N) is 1. The Balaban J connectivity index is 2.57. The minimum Gasteiger partial charge on any atom is -0.396 e. The van der Waals surface area contributed by atoms with Gasteiger partial charge < -0.3 is 10.8 Å². The van der Waals surface area contributed by atoms with E-state index in [1.54, 1.807) is 0 Å². The fourth-order valence-electron chi connectivity index (χ4n) is 1.75. The smallest absolute Gasteiger partial charge is 0.255 e. The van der Waals surface area contributed by atoms with Crippen LogP contribution in [0.5, 0.6) is 0 Å². The monoisotopic (exact) mass is 208 g/mol. The number of likely N-dealkylation sites (tertiary alicyclic amines) is 1. The molecule has 2 atom stereocenters. The lowest BCUT2D eigenvalue weighted by molar-refractivity contribution is -0.124. The van der Waals surface area contributed by atoms with Crippen molar-refractivity contribution < 1.29 is 13.9 Å². The van der Waals surface area contributed by atoms with Crippen molar-refractivity contribution >= 4 is 0 Å². The molecule has 1 aliphatic rings. The molecule has 1 aliphatic heterocycles. The molecule has 5 heteroatoms. The molecule has 1 rings (SSSR count). The molecule has 0 aromatic carbocycles. The Bertz CT molecular complexity index is 190. The Morgan fingerprint density at radius 1 is 1.64 bits per heavy atom. The molecule has 14 heavy (non-hydrogen) atoms. The van der Waals surface area contributed by atoms with E-state index in [1.165, 1.54) is 0 Å². The van der Waals surface area contributed by atoms with Gasteiger partial charge in [-0.3, -0.25) is 4.90 Å². The SMILES string of the molecule is CC(CN)N1CCC(F)(F)C(CO)C1. The van der Waals surface area contributed by atoms with Crippen LogP contribution in [-0.2, 0) is 0 Å². The molecular formula is C9H18F2N2O. The van der Waals surface area contributed by atoms with Crippen molar-refractivity contribution in [3.05, 3.63) is 0 Å². The molecule has 2 unspecified atom stereocenters. The highest BCUT2D eigenvalue weighted by Crippen LogP contribution is 2.33. The molecule has 0 amide bonds. The molecule has 0 aliphatic carbocycles. The van der Waals surface area contributed by atoms with Gasteiger partial charge in [0.05, 0.1) is 12.5 Å². The van der Waals surface area contributed by atoms with Gasteiger partial charge in [0.25, 0.3) is 5.92 Å². The molecule has 3 N–H and O–H groups in total. The summed E-state index contributed by atoms with van der Waals surface area (Å²) in [7, 11) is 0. The second-order valence-electron chi connectivity index (χ2n) is 3.97. The van der Waals surface area contributed by atoms with Crippen LogP contribution in [-0.4, -0.2) is 48.2 Å². The summed E-state index contributed by atoms with van der Waals surface area (Å²) in [6.07, 6.45) is -0.178. The lowest BCUT2D eigenvalue weighted by atomic mass is 9.93. The number of halogens is 2. The topological polar surface area (TPSA) is 49.5 Å². The first-order valence-electron chi connectivity index (χ1n) is 4.94. The Kier molecular flexibility index (Phi) is 3.80. The van der Waals surface area contributed by atoms with Crippen molar-refractivity contribution in [2.45, 2.75) is 25.3 Å². The predicted octanol–water partition coefficient (Wildman–Crippen LogP) is 0.283. The third kappa shape index (κ3) is 2.40. The summed E-state index contributed by atoms with van der Waals surface area (Å²) in [5.74, 6) is -3.66. The van der Waals surface area contributed by atoms with Crippen molar-refractivity contribution in [1.82, 2.24) is 4.90 Å². The summed E-state index contributed by atoms with van der Waals surface area (Å²) in [5, 5.41) is 8.86. The summed E-state index contributed by atoms with van der Waals surface area (Å²) in [6, 6.07) is 0.111. The van der Waals surface area contributed by atoms with E-state index in [-0.39, 0.29) is 19.0 Å². The highest BCUT2D eigenvalue weighted by molar-refractivity contribution is 4.87. The second kappa shape index (κ2) is 4.51. The number of rotatable bonds is 3. The normalized spacial score (nSPS) is 30.2. The minimum atomic E-state index is -2.72. The van der Waals surface area contributed by atoms with E-state index in [2.05, 4.69) is 0 Å². The van der Waals surface area contributed by atoms with Gasteiger partial charge in [-0.1, -0.05) is 0 Å². The van der Waals surface area contributed by atoms with Gasteiger partial charge in [-0.25, -0.2) is 8.78 Å². The lowest BCUT2D eigenvalue weighted by Gasteiger charge is -2.40. The van der Waals surface area contributed by atoms with Crippen LogP contribution in [0.15, 0.2) is 0 Å². The van der Waals surface area contributed by atoms with Gasteiger partial charge in [0.2, 0.25) is 0 Å². The first kappa shape index (κ1) is 11.8. The third-order valence-electron chi connectivity index (χ3n) is 2.97. The first-order valence-corrected chi connectivity index (χ1v) is 4.94. The molecule has 0 bridgehead atoms. The van der Waals surface area contributed by atoms with Gasteiger partial charge in [0.15, 0.2) is 0 Å². The van der Waals surface area contributed by atoms with Crippen molar-refractivity contribution in [3.63, 3.8) is 0 Å². The van der Waals surface area contributed by atoms with Gasteiger partial charge >= 0.3 is 0 Å².